The number of pyridine rings is 1. The Morgan fingerprint density at radius 1 is 0.970 bits per heavy atom. The molecule has 2 aromatic carbocycles. The van der Waals surface area contributed by atoms with Gasteiger partial charge in [-0.05, 0) is 61.9 Å². The van der Waals surface area contributed by atoms with E-state index in [-0.39, 0.29) is 0 Å². The van der Waals surface area contributed by atoms with Crippen molar-refractivity contribution in [3.8, 4) is 5.75 Å². The standard InChI is InChI=1S/C24H22ClN5O3/c1-14-21(12-20-15(2)29-30(3)22(20)26-14)24(32)28-27-23(31)17-6-4-16(5-7-17)13-33-19-10-8-18(25)9-11-19/h4-12H,13H2,1-3H3,(H,27,31)(H,28,32). The number of benzene rings is 2. The molecule has 4 rings (SSSR count). The van der Waals surface area contributed by atoms with Crippen LogP contribution in [0.15, 0.2) is 54.6 Å². The molecular formula is C24H22ClN5O3. The van der Waals surface area contributed by atoms with E-state index in [1.807, 2.05) is 6.92 Å². The van der Waals surface area contributed by atoms with Crippen LogP contribution in [0.3, 0.4) is 0 Å². The minimum absolute atomic E-state index is 0.350. The Morgan fingerprint density at radius 3 is 2.33 bits per heavy atom. The normalized spacial score (nSPS) is 10.8. The number of ether oxygens (including phenoxy) is 1. The minimum atomic E-state index is -0.452. The predicted molar refractivity (Wildman–Crippen MR) is 125 cm³/mol. The molecule has 0 spiro atoms. The molecule has 2 amide bonds. The number of aryl methyl sites for hydroxylation is 3. The van der Waals surface area contributed by atoms with Crippen molar-refractivity contribution in [2.45, 2.75) is 20.5 Å². The number of rotatable bonds is 5. The number of hydrogen-bond acceptors (Lipinski definition) is 5. The molecule has 9 heteroatoms. The topological polar surface area (TPSA) is 98.1 Å². The van der Waals surface area contributed by atoms with E-state index in [1.165, 1.54) is 0 Å². The van der Waals surface area contributed by atoms with Crippen molar-refractivity contribution in [1.29, 1.82) is 0 Å². The van der Waals surface area contributed by atoms with Gasteiger partial charge in [0.2, 0.25) is 0 Å². The maximum atomic E-state index is 12.6. The molecule has 0 aliphatic heterocycles. The molecule has 33 heavy (non-hydrogen) atoms. The third-order valence-corrected chi connectivity index (χ3v) is 5.41. The third kappa shape index (κ3) is 4.96. The first-order chi connectivity index (χ1) is 15.8. The van der Waals surface area contributed by atoms with E-state index < -0.39 is 11.8 Å². The van der Waals surface area contributed by atoms with Gasteiger partial charge in [0, 0.05) is 23.0 Å². The van der Waals surface area contributed by atoms with Crippen LogP contribution in [0.1, 0.15) is 37.7 Å². The van der Waals surface area contributed by atoms with Gasteiger partial charge in [0.25, 0.3) is 11.8 Å². The van der Waals surface area contributed by atoms with Crippen molar-refractivity contribution in [3.63, 3.8) is 0 Å². The zero-order valence-corrected chi connectivity index (χ0v) is 19.1. The summed E-state index contributed by atoms with van der Waals surface area (Å²) in [6.07, 6.45) is 0. The molecule has 0 saturated heterocycles. The number of fused-ring (bicyclic) bond motifs is 1. The molecule has 2 heterocycles. The average Bonchev–Trinajstić information content (AvgIpc) is 3.09. The molecule has 8 nitrogen and oxygen atoms in total. The van der Waals surface area contributed by atoms with E-state index in [9.17, 15) is 9.59 Å². The maximum absolute atomic E-state index is 12.6. The second kappa shape index (κ2) is 9.30. The summed E-state index contributed by atoms with van der Waals surface area (Å²) in [6.45, 7) is 3.94. The Kier molecular flexibility index (Phi) is 6.28. The smallest absolute Gasteiger partial charge is 0.271 e. The molecule has 2 aromatic heterocycles. The van der Waals surface area contributed by atoms with E-state index in [0.717, 1.165) is 16.6 Å². The second-order valence-electron chi connectivity index (χ2n) is 7.55. The number of hydrazine groups is 1. The summed E-state index contributed by atoms with van der Waals surface area (Å²) in [5.41, 5.74) is 8.58. The molecule has 168 valence electrons. The van der Waals surface area contributed by atoms with Gasteiger partial charge < -0.3 is 4.74 Å². The van der Waals surface area contributed by atoms with E-state index in [0.29, 0.717) is 39.8 Å². The molecule has 0 aliphatic rings. The van der Waals surface area contributed by atoms with Gasteiger partial charge in [0.1, 0.15) is 12.4 Å². The molecule has 2 N–H and O–H groups in total. The first-order valence-corrected chi connectivity index (χ1v) is 10.6. The average molecular weight is 464 g/mol. The van der Waals surface area contributed by atoms with Crippen LogP contribution < -0.4 is 15.6 Å². The maximum Gasteiger partial charge on any atom is 0.271 e. The van der Waals surface area contributed by atoms with Crippen molar-refractivity contribution in [1.82, 2.24) is 25.6 Å². The van der Waals surface area contributed by atoms with Crippen LogP contribution in [0.4, 0.5) is 0 Å². The third-order valence-electron chi connectivity index (χ3n) is 5.16. The number of nitrogens with zero attached hydrogens (tertiary/aromatic N) is 3. The van der Waals surface area contributed by atoms with Gasteiger partial charge in [-0.25, -0.2) is 4.98 Å². The molecule has 0 atom stereocenters. The lowest BCUT2D eigenvalue weighted by Gasteiger charge is -2.10. The fourth-order valence-electron chi connectivity index (χ4n) is 3.36. The van der Waals surface area contributed by atoms with Crippen LogP contribution >= 0.6 is 11.6 Å². The van der Waals surface area contributed by atoms with Gasteiger partial charge >= 0.3 is 0 Å². The molecular weight excluding hydrogens is 442 g/mol. The molecule has 0 unspecified atom stereocenters. The van der Waals surface area contributed by atoms with Crippen molar-refractivity contribution >= 4 is 34.4 Å². The fraction of sp³-hybridized carbons (Fsp3) is 0.167. The lowest BCUT2D eigenvalue weighted by atomic mass is 10.1. The Hall–Kier alpha value is -3.91. The molecule has 0 aliphatic carbocycles. The summed E-state index contributed by atoms with van der Waals surface area (Å²) in [5.74, 6) is -0.183. The second-order valence-corrected chi connectivity index (χ2v) is 7.99. The van der Waals surface area contributed by atoms with Gasteiger partial charge in [0.15, 0.2) is 5.65 Å². The molecule has 0 radical (unpaired) electrons. The molecule has 0 fully saturated rings. The summed E-state index contributed by atoms with van der Waals surface area (Å²) in [7, 11) is 1.80. The minimum Gasteiger partial charge on any atom is -0.489 e. The van der Waals surface area contributed by atoms with E-state index in [4.69, 9.17) is 16.3 Å². The summed E-state index contributed by atoms with van der Waals surface area (Å²) >= 11 is 5.87. The van der Waals surface area contributed by atoms with Crippen molar-refractivity contribution in [2.24, 2.45) is 7.05 Å². The summed E-state index contributed by atoms with van der Waals surface area (Å²) < 4.78 is 7.37. The van der Waals surface area contributed by atoms with E-state index in [1.54, 1.807) is 73.3 Å². The molecule has 0 bridgehead atoms. The van der Waals surface area contributed by atoms with Crippen LogP contribution in [-0.4, -0.2) is 26.6 Å². The van der Waals surface area contributed by atoms with Gasteiger partial charge in [-0.3, -0.25) is 25.1 Å². The number of amides is 2. The number of nitrogens with one attached hydrogen (secondary N) is 2. The van der Waals surface area contributed by atoms with Crippen molar-refractivity contribution < 1.29 is 14.3 Å². The summed E-state index contributed by atoms with van der Waals surface area (Å²) in [5, 5.41) is 5.76. The highest BCUT2D eigenvalue weighted by Gasteiger charge is 2.16. The monoisotopic (exact) mass is 463 g/mol. The van der Waals surface area contributed by atoms with Gasteiger partial charge in [0.05, 0.1) is 17.0 Å². The van der Waals surface area contributed by atoms with Crippen LogP contribution in [0.25, 0.3) is 11.0 Å². The van der Waals surface area contributed by atoms with Gasteiger partial charge in [-0.15, -0.1) is 0 Å². The summed E-state index contributed by atoms with van der Waals surface area (Å²) in [4.78, 5) is 29.6. The highest BCUT2D eigenvalue weighted by atomic mass is 35.5. The predicted octanol–water partition coefficient (Wildman–Crippen LogP) is 3.89. The highest BCUT2D eigenvalue weighted by Crippen LogP contribution is 2.19. The van der Waals surface area contributed by atoms with Crippen molar-refractivity contribution in [3.05, 3.63) is 87.7 Å². The first kappa shape index (κ1) is 22.3. The number of carbonyl (C=O) groups excluding carboxylic acids is 2. The Morgan fingerprint density at radius 2 is 1.64 bits per heavy atom. The van der Waals surface area contributed by atoms with Crippen LogP contribution in [0, 0.1) is 13.8 Å². The fourth-order valence-corrected chi connectivity index (χ4v) is 3.49. The Balaban J connectivity index is 1.36. The van der Waals surface area contributed by atoms with E-state index >= 15 is 0 Å². The number of hydrogen-bond donors (Lipinski definition) is 2. The number of halogens is 1. The quantitative estimate of drug-likeness (QED) is 0.437. The lowest BCUT2D eigenvalue weighted by Crippen LogP contribution is -2.42. The largest absolute Gasteiger partial charge is 0.489 e. The summed E-state index contributed by atoms with van der Waals surface area (Å²) in [6, 6.07) is 15.7. The Bertz CT molecular complexity index is 1330. The van der Waals surface area contributed by atoms with Gasteiger partial charge in [-0.2, -0.15) is 5.10 Å². The van der Waals surface area contributed by atoms with E-state index in [2.05, 4.69) is 20.9 Å². The zero-order valence-electron chi connectivity index (χ0n) is 18.3. The van der Waals surface area contributed by atoms with Crippen LogP contribution in [0.2, 0.25) is 5.02 Å². The molecule has 4 aromatic rings. The van der Waals surface area contributed by atoms with Crippen LogP contribution in [-0.2, 0) is 13.7 Å². The number of carbonyl (C=O) groups is 2. The molecule has 0 saturated carbocycles. The van der Waals surface area contributed by atoms with Crippen molar-refractivity contribution in [2.75, 3.05) is 0 Å². The van der Waals surface area contributed by atoms with Gasteiger partial charge in [-0.1, -0.05) is 23.7 Å². The highest BCUT2D eigenvalue weighted by molar-refractivity contribution is 6.30. The zero-order chi connectivity index (χ0) is 23.5. The SMILES string of the molecule is Cc1nc2c(cc1C(=O)NNC(=O)c1ccc(COc3ccc(Cl)cc3)cc1)c(C)nn2C. The number of aromatic nitrogens is 3. The van der Waals surface area contributed by atoms with Crippen LogP contribution in [0.5, 0.6) is 5.75 Å². The first-order valence-electron chi connectivity index (χ1n) is 10.2. The lowest BCUT2D eigenvalue weighted by molar-refractivity contribution is 0.0846. The Labute approximate surface area is 195 Å².